The molecule has 0 fully saturated rings. The van der Waals surface area contributed by atoms with Gasteiger partial charge < -0.3 is 13.9 Å². The van der Waals surface area contributed by atoms with Gasteiger partial charge in [-0.25, -0.2) is 4.79 Å². The minimum Gasteiger partial charge on any atom is -0.496 e. The quantitative estimate of drug-likeness (QED) is 0.535. The van der Waals surface area contributed by atoms with Gasteiger partial charge in [0.25, 0.3) is 0 Å². The zero-order valence-electron chi connectivity index (χ0n) is 12.4. The van der Waals surface area contributed by atoms with Gasteiger partial charge in [-0.1, -0.05) is 30.3 Å². The van der Waals surface area contributed by atoms with Crippen LogP contribution in [-0.2, 0) is 6.61 Å². The van der Waals surface area contributed by atoms with Crippen LogP contribution in [0.25, 0.3) is 11.0 Å². The number of carbonyl (C=O) groups is 1. The summed E-state index contributed by atoms with van der Waals surface area (Å²) in [7, 11) is 1.50. The highest BCUT2D eigenvalue weighted by atomic mass is 16.5. The molecule has 5 heteroatoms. The highest BCUT2D eigenvalue weighted by Gasteiger charge is 2.14. The van der Waals surface area contributed by atoms with Crippen LogP contribution in [0.5, 0.6) is 11.5 Å². The SMILES string of the molecule is COc1cc(OCc2ccccc2)c2c(C=O)cc(=O)oc2c1. The van der Waals surface area contributed by atoms with Gasteiger partial charge in [0.1, 0.15) is 23.7 Å². The fourth-order valence-electron chi connectivity index (χ4n) is 2.33. The Morgan fingerprint density at radius 2 is 1.91 bits per heavy atom. The molecule has 5 nitrogen and oxygen atoms in total. The van der Waals surface area contributed by atoms with Crippen LogP contribution in [0.1, 0.15) is 15.9 Å². The molecular weight excluding hydrogens is 296 g/mol. The van der Waals surface area contributed by atoms with Crippen molar-refractivity contribution in [2.24, 2.45) is 0 Å². The third-order valence-electron chi connectivity index (χ3n) is 3.41. The van der Waals surface area contributed by atoms with E-state index in [0.29, 0.717) is 29.8 Å². The van der Waals surface area contributed by atoms with Crippen LogP contribution in [0.2, 0.25) is 0 Å². The van der Waals surface area contributed by atoms with Gasteiger partial charge >= 0.3 is 5.63 Å². The monoisotopic (exact) mass is 310 g/mol. The maximum absolute atomic E-state index is 11.5. The Morgan fingerprint density at radius 3 is 2.61 bits per heavy atom. The zero-order valence-corrected chi connectivity index (χ0v) is 12.4. The second-order valence-corrected chi connectivity index (χ2v) is 4.91. The Balaban J connectivity index is 2.10. The highest BCUT2D eigenvalue weighted by molar-refractivity contribution is 5.99. The Bertz CT molecular complexity index is 896. The number of hydrogen-bond acceptors (Lipinski definition) is 5. The lowest BCUT2D eigenvalue weighted by atomic mass is 10.1. The van der Waals surface area contributed by atoms with E-state index in [0.717, 1.165) is 11.6 Å². The average molecular weight is 310 g/mol. The lowest BCUT2D eigenvalue weighted by Crippen LogP contribution is -2.03. The molecule has 1 aromatic heterocycles. The van der Waals surface area contributed by atoms with E-state index in [2.05, 4.69) is 0 Å². The van der Waals surface area contributed by atoms with Crippen molar-refractivity contribution in [2.75, 3.05) is 7.11 Å². The van der Waals surface area contributed by atoms with Crippen molar-refractivity contribution in [1.82, 2.24) is 0 Å². The predicted molar refractivity (Wildman–Crippen MR) is 85.2 cm³/mol. The number of methoxy groups -OCH3 is 1. The van der Waals surface area contributed by atoms with Crippen molar-refractivity contribution in [2.45, 2.75) is 6.61 Å². The average Bonchev–Trinajstić information content (AvgIpc) is 2.59. The molecule has 3 aromatic rings. The van der Waals surface area contributed by atoms with Crippen LogP contribution in [0, 0.1) is 0 Å². The molecule has 2 aromatic carbocycles. The molecule has 0 unspecified atom stereocenters. The normalized spacial score (nSPS) is 10.5. The van der Waals surface area contributed by atoms with E-state index in [1.54, 1.807) is 12.1 Å². The molecule has 3 rings (SSSR count). The van der Waals surface area contributed by atoms with Crippen molar-refractivity contribution in [3.05, 3.63) is 70.1 Å². The summed E-state index contributed by atoms with van der Waals surface area (Å²) in [5.41, 5.74) is 0.861. The van der Waals surface area contributed by atoms with E-state index in [9.17, 15) is 9.59 Å². The van der Waals surface area contributed by atoms with Crippen LogP contribution in [0.3, 0.4) is 0 Å². The molecule has 0 atom stereocenters. The van der Waals surface area contributed by atoms with Crippen molar-refractivity contribution in [3.63, 3.8) is 0 Å². The Labute approximate surface area is 132 Å². The Hall–Kier alpha value is -3.08. The lowest BCUT2D eigenvalue weighted by molar-refractivity contribution is 0.112. The molecule has 0 amide bonds. The maximum Gasteiger partial charge on any atom is 0.336 e. The van der Waals surface area contributed by atoms with E-state index in [4.69, 9.17) is 13.9 Å². The third kappa shape index (κ3) is 3.08. The fourth-order valence-corrected chi connectivity index (χ4v) is 2.33. The molecule has 0 saturated heterocycles. The van der Waals surface area contributed by atoms with Gasteiger partial charge in [0.2, 0.25) is 0 Å². The van der Waals surface area contributed by atoms with Gasteiger partial charge in [0, 0.05) is 23.8 Å². The fraction of sp³-hybridized carbons (Fsp3) is 0.111. The van der Waals surface area contributed by atoms with Gasteiger partial charge in [-0.15, -0.1) is 0 Å². The molecular formula is C18H14O5. The van der Waals surface area contributed by atoms with Crippen LogP contribution in [0.4, 0.5) is 0 Å². The van der Waals surface area contributed by atoms with E-state index >= 15 is 0 Å². The van der Waals surface area contributed by atoms with E-state index in [-0.39, 0.29) is 11.1 Å². The summed E-state index contributed by atoms with van der Waals surface area (Å²) in [6, 6.07) is 14.0. The number of aldehydes is 1. The van der Waals surface area contributed by atoms with Crippen LogP contribution in [0.15, 0.2) is 57.7 Å². The van der Waals surface area contributed by atoms with Crippen LogP contribution in [-0.4, -0.2) is 13.4 Å². The molecule has 23 heavy (non-hydrogen) atoms. The molecule has 0 bridgehead atoms. The molecule has 0 radical (unpaired) electrons. The summed E-state index contributed by atoms with van der Waals surface area (Å²) in [5, 5.41) is 0.455. The summed E-state index contributed by atoms with van der Waals surface area (Å²) < 4.78 is 16.2. The van der Waals surface area contributed by atoms with E-state index in [1.165, 1.54) is 7.11 Å². The summed E-state index contributed by atoms with van der Waals surface area (Å²) in [5.74, 6) is 0.904. The zero-order chi connectivity index (χ0) is 16.2. The van der Waals surface area contributed by atoms with E-state index in [1.807, 2.05) is 30.3 Å². The first kappa shape index (κ1) is 14.8. The van der Waals surface area contributed by atoms with Gasteiger partial charge in [0.15, 0.2) is 6.29 Å². The lowest BCUT2D eigenvalue weighted by Gasteiger charge is -2.12. The summed E-state index contributed by atoms with van der Waals surface area (Å²) in [6.45, 7) is 0.320. The molecule has 0 N–H and O–H groups in total. The third-order valence-corrected chi connectivity index (χ3v) is 3.41. The first-order chi connectivity index (χ1) is 11.2. The highest BCUT2D eigenvalue weighted by Crippen LogP contribution is 2.33. The molecule has 1 heterocycles. The molecule has 0 spiro atoms. The number of carbonyl (C=O) groups excluding carboxylic acids is 1. The number of hydrogen-bond donors (Lipinski definition) is 0. The van der Waals surface area contributed by atoms with Gasteiger partial charge in [-0.2, -0.15) is 0 Å². The Kier molecular flexibility index (Phi) is 4.10. The maximum atomic E-state index is 11.5. The minimum atomic E-state index is -0.595. The van der Waals surface area contributed by atoms with E-state index < -0.39 is 5.63 Å². The minimum absolute atomic E-state index is 0.224. The molecule has 116 valence electrons. The van der Waals surface area contributed by atoms with Gasteiger partial charge in [0.05, 0.1) is 12.5 Å². The largest absolute Gasteiger partial charge is 0.496 e. The summed E-state index contributed by atoms with van der Waals surface area (Å²) >= 11 is 0. The smallest absolute Gasteiger partial charge is 0.336 e. The molecule has 0 saturated carbocycles. The number of ether oxygens (including phenoxy) is 2. The topological polar surface area (TPSA) is 65.7 Å². The van der Waals surface area contributed by atoms with Crippen molar-refractivity contribution in [1.29, 1.82) is 0 Å². The first-order valence-corrected chi connectivity index (χ1v) is 6.99. The summed E-state index contributed by atoms with van der Waals surface area (Å²) in [4.78, 5) is 22.8. The van der Waals surface area contributed by atoms with Crippen molar-refractivity contribution < 1.29 is 18.7 Å². The number of fused-ring (bicyclic) bond motifs is 1. The van der Waals surface area contributed by atoms with Crippen molar-refractivity contribution in [3.8, 4) is 11.5 Å². The predicted octanol–water partition coefficient (Wildman–Crippen LogP) is 3.19. The molecule has 0 aliphatic heterocycles. The standard InChI is InChI=1S/C18H14O5/c1-21-14-8-15(22-11-12-5-3-2-4-6-12)18-13(10-19)7-17(20)23-16(18)9-14/h2-10H,11H2,1H3. The van der Waals surface area contributed by atoms with Crippen LogP contribution >= 0.6 is 0 Å². The van der Waals surface area contributed by atoms with Gasteiger partial charge in [-0.05, 0) is 5.56 Å². The Morgan fingerprint density at radius 1 is 1.13 bits per heavy atom. The first-order valence-electron chi connectivity index (χ1n) is 6.99. The number of benzene rings is 2. The molecule has 0 aliphatic rings. The van der Waals surface area contributed by atoms with Crippen molar-refractivity contribution >= 4 is 17.3 Å². The van der Waals surface area contributed by atoms with Crippen LogP contribution < -0.4 is 15.1 Å². The second-order valence-electron chi connectivity index (χ2n) is 4.91. The second kappa shape index (κ2) is 6.36. The van der Waals surface area contributed by atoms with Gasteiger partial charge in [-0.3, -0.25) is 4.79 Å². The molecule has 0 aliphatic carbocycles. The summed E-state index contributed by atoms with van der Waals surface area (Å²) in [6.07, 6.45) is 0.612. The number of rotatable bonds is 5.